The quantitative estimate of drug-likeness (QED) is 0.829. The summed E-state index contributed by atoms with van der Waals surface area (Å²) in [5.74, 6) is -0.0270. The summed E-state index contributed by atoms with van der Waals surface area (Å²) >= 11 is 5.86. The van der Waals surface area contributed by atoms with Crippen LogP contribution < -0.4 is 0 Å². The summed E-state index contributed by atoms with van der Waals surface area (Å²) in [5.41, 5.74) is 0. The van der Waals surface area contributed by atoms with E-state index in [0.29, 0.717) is 22.9 Å². The third kappa shape index (κ3) is 3.07. The Labute approximate surface area is 108 Å². The van der Waals surface area contributed by atoms with E-state index in [2.05, 4.69) is 0 Å². The second-order valence-corrected chi connectivity index (χ2v) is 5.86. The van der Waals surface area contributed by atoms with E-state index < -0.39 is 11.0 Å². The number of hydrogen-bond donors (Lipinski definition) is 0. The van der Waals surface area contributed by atoms with Crippen molar-refractivity contribution in [2.75, 3.05) is 6.54 Å². The van der Waals surface area contributed by atoms with E-state index in [9.17, 15) is 9.00 Å². The van der Waals surface area contributed by atoms with E-state index in [1.807, 2.05) is 0 Å². The molecule has 17 heavy (non-hydrogen) atoms. The maximum atomic E-state index is 12.3. The molecule has 0 bridgehead atoms. The van der Waals surface area contributed by atoms with Gasteiger partial charge in [0.2, 0.25) is 5.91 Å². The summed E-state index contributed by atoms with van der Waals surface area (Å²) in [6.45, 7) is 0.567. The van der Waals surface area contributed by atoms with Crippen LogP contribution >= 0.6 is 11.6 Å². The third-order valence-electron chi connectivity index (χ3n) is 2.73. The van der Waals surface area contributed by atoms with Crippen molar-refractivity contribution in [3.63, 3.8) is 0 Å². The Hall–Kier alpha value is -0.870. The Morgan fingerprint density at radius 3 is 2.82 bits per heavy atom. The van der Waals surface area contributed by atoms with E-state index >= 15 is 0 Å². The fourth-order valence-corrected chi connectivity index (χ4v) is 3.34. The van der Waals surface area contributed by atoms with Gasteiger partial charge >= 0.3 is 0 Å². The van der Waals surface area contributed by atoms with Crippen LogP contribution in [0.15, 0.2) is 29.2 Å². The van der Waals surface area contributed by atoms with Crippen LogP contribution in [0, 0.1) is 0 Å². The van der Waals surface area contributed by atoms with Crippen molar-refractivity contribution < 1.29 is 9.00 Å². The zero-order chi connectivity index (χ0) is 12.3. The first-order valence-electron chi connectivity index (χ1n) is 5.66. The molecule has 1 fully saturated rings. The van der Waals surface area contributed by atoms with E-state index in [1.54, 1.807) is 24.3 Å². The minimum absolute atomic E-state index is 0.0270. The molecule has 1 aromatic carbocycles. The first-order valence-corrected chi connectivity index (χ1v) is 7.15. The highest BCUT2D eigenvalue weighted by Gasteiger charge is 2.23. The largest absolute Gasteiger partial charge is 0.274 e. The average Bonchev–Trinajstić information content (AvgIpc) is 2.53. The zero-order valence-corrected chi connectivity index (χ0v) is 11.0. The molecule has 1 heterocycles. The summed E-state index contributed by atoms with van der Waals surface area (Å²) in [6, 6.07) is 6.86. The maximum Gasteiger partial charge on any atom is 0.234 e. The third-order valence-corrected chi connectivity index (χ3v) is 4.41. The number of halogens is 1. The van der Waals surface area contributed by atoms with E-state index in [1.165, 1.54) is 4.31 Å². The summed E-state index contributed by atoms with van der Waals surface area (Å²) < 4.78 is 13.7. The predicted molar refractivity (Wildman–Crippen MR) is 68.0 cm³/mol. The molecule has 1 aromatic rings. The van der Waals surface area contributed by atoms with Gasteiger partial charge in [-0.3, -0.25) is 9.10 Å². The van der Waals surface area contributed by atoms with Crippen LogP contribution in [0.3, 0.4) is 0 Å². The lowest BCUT2D eigenvalue weighted by Crippen LogP contribution is -2.32. The van der Waals surface area contributed by atoms with Crippen molar-refractivity contribution in [1.29, 1.82) is 0 Å². The lowest BCUT2D eigenvalue weighted by molar-refractivity contribution is -0.125. The highest BCUT2D eigenvalue weighted by Crippen LogP contribution is 2.20. The predicted octanol–water partition coefficient (Wildman–Crippen LogP) is 2.77. The fourth-order valence-electron chi connectivity index (χ4n) is 1.84. The standard InChI is InChI=1S/C12H14ClNO2S/c13-10-5-4-6-11(9-10)17(16)14-8-3-1-2-7-12(14)15/h4-6,9H,1-3,7-8H2. The fraction of sp³-hybridized carbons (Fsp3) is 0.417. The normalized spacial score (nSPS) is 18.9. The highest BCUT2D eigenvalue weighted by atomic mass is 35.5. The smallest absolute Gasteiger partial charge is 0.234 e. The molecule has 0 N–H and O–H groups in total. The molecule has 2 rings (SSSR count). The van der Waals surface area contributed by atoms with Crippen LogP contribution in [0.4, 0.5) is 0 Å². The molecule has 0 radical (unpaired) electrons. The molecule has 1 amide bonds. The second kappa shape index (κ2) is 5.65. The number of hydrogen-bond acceptors (Lipinski definition) is 2. The van der Waals surface area contributed by atoms with E-state index in [-0.39, 0.29) is 5.91 Å². The first kappa shape index (κ1) is 12.6. The minimum atomic E-state index is -1.42. The Balaban J connectivity index is 2.21. The lowest BCUT2D eigenvalue weighted by Gasteiger charge is -2.19. The molecule has 3 nitrogen and oxygen atoms in total. The first-order chi connectivity index (χ1) is 8.18. The Kier molecular flexibility index (Phi) is 4.18. The van der Waals surface area contributed by atoms with Crippen LogP contribution in [-0.2, 0) is 15.8 Å². The average molecular weight is 272 g/mol. The van der Waals surface area contributed by atoms with Gasteiger partial charge in [-0.1, -0.05) is 24.1 Å². The number of benzene rings is 1. The van der Waals surface area contributed by atoms with Gasteiger partial charge in [0.15, 0.2) is 11.0 Å². The Bertz CT molecular complexity index is 450. The van der Waals surface area contributed by atoms with Crippen molar-refractivity contribution in [3.05, 3.63) is 29.3 Å². The number of carbonyl (C=O) groups is 1. The molecule has 1 aliphatic heterocycles. The van der Waals surface area contributed by atoms with Crippen LogP contribution in [0.2, 0.25) is 5.02 Å². The molecule has 0 aliphatic carbocycles. The monoisotopic (exact) mass is 271 g/mol. The van der Waals surface area contributed by atoms with Crippen molar-refractivity contribution in [2.24, 2.45) is 0 Å². The zero-order valence-electron chi connectivity index (χ0n) is 9.39. The molecular weight excluding hydrogens is 258 g/mol. The van der Waals surface area contributed by atoms with Crippen LogP contribution in [0.1, 0.15) is 25.7 Å². The minimum Gasteiger partial charge on any atom is -0.274 e. The van der Waals surface area contributed by atoms with Crippen molar-refractivity contribution >= 4 is 28.5 Å². The molecule has 1 unspecified atom stereocenters. The molecular formula is C12H14ClNO2S. The van der Waals surface area contributed by atoms with Crippen molar-refractivity contribution in [3.8, 4) is 0 Å². The molecule has 1 saturated heterocycles. The van der Waals surface area contributed by atoms with Gasteiger partial charge in [0.1, 0.15) is 0 Å². The molecule has 1 aliphatic rings. The molecule has 92 valence electrons. The lowest BCUT2D eigenvalue weighted by atomic mass is 10.2. The van der Waals surface area contributed by atoms with Gasteiger partial charge < -0.3 is 0 Å². The molecule has 5 heteroatoms. The van der Waals surface area contributed by atoms with E-state index in [0.717, 1.165) is 19.3 Å². The SMILES string of the molecule is O=C1CCCCCN1S(=O)c1cccc(Cl)c1. The summed E-state index contributed by atoms with van der Waals surface area (Å²) in [5, 5.41) is 0.540. The van der Waals surface area contributed by atoms with Gasteiger partial charge in [0.25, 0.3) is 0 Å². The van der Waals surface area contributed by atoms with Gasteiger partial charge in [-0.15, -0.1) is 0 Å². The molecule has 1 atom stereocenters. The molecule has 0 saturated carbocycles. The van der Waals surface area contributed by atoms with Crippen LogP contribution in [0.5, 0.6) is 0 Å². The van der Waals surface area contributed by atoms with Crippen molar-refractivity contribution in [1.82, 2.24) is 4.31 Å². The summed E-state index contributed by atoms with van der Waals surface area (Å²) in [6.07, 6.45) is 3.32. The van der Waals surface area contributed by atoms with Crippen LogP contribution in [0.25, 0.3) is 0 Å². The van der Waals surface area contributed by atoms with Gasteiger partial charge in [-0.05, 0) is 31.0 Å². The summed E-state index contributed by atoms with van der Waals surface area (Å²) in [4.78, 5) is 12.4. The number of carbonyl (C=O) groups excluding carboxylic acids is 1. The maximum absolute atomic E-state index is 12.3. The summed E-state index contributed by atoms with van der Waals surface area (Å²) in [7, 11) is -1.42. The second-order valence-electron chi connectivity index (χ2n) is 4.01. The van der Waals surface area contributed by atoms with Crippen molar-refractivity contribution in [2.45, 2.75) is 30.6 Å². The highest BCUT2D eigenvalue weighted by molar-refractivity contribution is 7.83. The number of amides is 1. The van der Waals surface area contributed by atoms with Gasteiger partial charge in [0.05, 0.1) is 4.90 Å². The topological polar surface area (TPSA) is 37.4 Å². The molecule has 0 aromatic heterocycles. The number of rotatable bonds is 2. The van der Waals surface area contributed by atoms with Gasteiger partial charge in [-0.2, -0.15) is 0 Å². The van der Waals surface area contributed by atoms with E-state index in [4.69, 9.17) is 11.6 Å². The van der Waals surface area contributed by atoms with Crippen LogP contribution in [-0.4, -0.2) is 21.0 Å². The number of nitrogens with zero attached hydrogens (tertiary/aromatic N) is 1. The van der Waals surface area contributed by atoms with Gasteiger partial charge in [-0.25, -0.2) is 4.21 Å². The van der Waals surface area contributed by atoms with Gasteiger partial charge in [0, 0.05) is 18.0 Å². The molecule has 0 spiro atoms. The Morgan fingerprint density at radius 1 is 1.24 bits per heavy atom. The Morgan fingerprint density at radius 2 is 2.06 bits per heavy atom.